The lowest BCUT2D eigenvalue weighted by atomic mass is 10.2. The van der Waals surface area contributed by atoms with Gasteiger partial charge >= 0.3 is 0 Å². The van der Waals surface area contributed by atoms with Crippen molar-refractivity contribution in [2.24, 2.45) is 0 Å². The van der Waals surface area contributed by atoms with Crippen LogP contribution in [-0.4, -0.2) is 12.1 Å². The highest BCUT2D eigenvalue weighted by molar-refractivity contribution is 6.30. The molecule has 0 saturated carbocycles. The van der Waals surface area contributed by atoms with Crippen molar-refractivity contribution in [2.45, 2.75) is 6.43 Å². The summed E-state index contributed by atoms with van der Waals surface area (Å²) in [7, 11) is 1.20. The molecule has 14 heavy (non-hydrogen) atoms. The summed E-state index contributed by atoms with van der Waals surface area (Å²) in [5, 5.41) is 8.38. The van der Waals surface area contributed by atoms with Crippen molar-refractivity contribution in [2.75, 3.05) is 7.11 Å². The lowest BCUT2D eigenvalue weighted by Gasteiger charge is -2.07. The number of rotatable bonds is 2. The van der Waals surface area contributed by atoms with E-state index in [1.54, 1.807) is 6.07 Å². The molecule has 0 fully saturated rings. The van der Waals surface area contributed by atoms with Gasteiger partial charge in [-0.2, -0.15) is 10.2 Å². The quantitative estimate of drug-likeness (QED) is 0.717. The predicted octanol–water partition coefficient (Wildman–Crippen LogP) is 2.55. The number of alkyl halides is 2. The maximum Gasteiger partial charge on any atom is 0.269 e. The molecule has 0 atom stereocenters. The molecule has 0 N–H and O–H groups in total. The number of hydrogen-bond donors (Lipinski definition) is 0. The molecule has 3 nitrogen and oxygen atoms in total. The molecule has 6 heteroatoms. The Morgan fingerprint density at radius 3 is 2.71 bits per heavy atom. The molecule has 0 aliphatic carbocycles. The third kappa shape index (κ3) is 1.91. The lowest BCUT2D eigenvalue weighted by molar-refractivity contribution is 0.146. The van der Waals surface area contributed by atoms with E-state index in [0.29, 0.717) is 0 Å². The van der Waals surface area contributed by atoms with Crippen LogP contribution in [0.3, 0.4) is 0 Å². The number of hydrogen-bond acceptors (Lipinski definition) is 3. The van der Waals surface area contributed by atoms with Crippen molar-refractivity contribution in [3.8, 4) is 11.9 Å². The Morgan fingerprint density at radius 1 is 1.64 bits per heavy atom. The first kappa shape index (κ1) is 10.7. The van der Waals surface area contributed by atoms with E-state index in [2.05, 4.69) is 9.72 Å². The molecular formula is C8H5ClF2N2O. The van der Waals surface area contributed by atoms with Gasteiger partial charge in [0.15, 0.2) is 5.15 Å². The molecule has 0 unspecified atom stereocenters. The number of aromatic nitrogens is 1. The van der Waals surface area contributed by atoms with Gasteiger partial charge in [-0.3, -0.25) is 0 Å². The highest BCUT2D eigenvalue weighted by Crippen LogP contribution is 2.30. The number of pyridine rings is 1. The summed E-state index contributed by atoms with van der Waals surface area (Å²) in [4.78, 5) is 3.52. The van der Waals surface area contributed by atoms with Gasteiger partial charge in [0.1, 0.15) is 6.07 Å². The minimum absolute atomic E-state index is 0.0947. The van der Waals surface area contributed by atoms with Crippen molar-refractivity contribution in [1.29, 1.82) is 5.26 Å². The zero-order chi connectivity index (χ0) is 10.7. The first-order chi connectivity index (χ1) is 6.60. The third-order valence-corrected chi connectivity index (χ3v) is 1.81. The van der Waals surface area contributed by atoms with Crippen molar-refractivity contribution in [1.82, 2.24) is 4.98 Å². The van der Waals surface area contributed by atoms with Crippen LogP contribution in [0.2, 0.25) is 5.15 Å². The lowest BCUT2D eigenvalue weighted by Crippen LogP contribution is -1.98. The van der Waals surface area contributed by atoms with Crippen molar-refractivity contribution in [3.63, 3.8) is 0 Å². The normalized spacial score (nSPS) is 10.0. The van der Waals surface area contributed by atoms with Crippen LogP contribution in [0.15, 0.2) is 6.07 Å². The molecule has 1 rings (SSSR count). The topological polar surface area (TPSA) is 45.9 Å². The fourth-order valence-electron chi connectivity index (χ4n) is 0.889. The van der Waals surface area contributed by atoms with Crippen LogP contribution in [0, 0.1) is 11.3 Å². The maximum atomic E-state index is 12.4. The highest BCUT2D eigenvalue weighted by atomic mass is 35.5. The predicted molar refractivity (Wildman–Crippen MR) is 45.5 cm³/mol. The van der Waals surface area contributed by atoms with Crippen LogP contribution in [-0.2, 0) is 0 Å². The van der Waals surface area contributed by atoms with Crippen molar-refractivity contribution >= 4 is 11.6 Å². The van der Waals surface area contributed by atoms with Gasteiger partial charge in [-0.05, 0) is 6.07 Å². The van der Waals surface area contributed by atoms with Gasteiger partial charge in [0, 0.05) is 0 Å². The summed E-state index contributed by atoms with van der Waals surface area (Å²) in [6.45, 7) is 0. The van der Waals surface area contributed by atoms with E-state index in [0.717, 1.165) is 6.07 Å². The van der Waals surface area contributed by atoms with E-state index in [1.165, 1.54) is 7.11 Å². The summed E-state index contributed by atoms with van der Waals surface area (Å²) < 4.78 is 29.4. The smallest absolute Gasteiger partial charge is 0.269 e. The SMILES string of the molecule is COc1nc(Cl)c(C#N)cc1C(F)F. The molecule has 0 bridgehead atoms. The average molecular weight is 219 g/mol. The zero-order valence-corrected chi connectivity index (χ0v) is 7.85. The van der Waals surface area contributed by atoms with E-state index in [1.807, 2.05) is 0 Å². The van der Waals surface area contributed by atoms with Crippen LogP contribution in [0.1, 0.15) is 17.6 Å². The van der Waals surface area contributed by atoms with Gasteiger partial charge in [-0.1, -0.05) is 11.6 Å². The second kappa shape index (κ2) is 4.20. The fourth-order valence-corrected chi connectivity index (χ4v) is 1.06. The second-order valence-corrected chi connectivity index (χ2v) is 2.70. The summed E-state index contributed by atoms with van der Waals surface area (Å²) in [6, 6.07) is 2.63. The van der Waals surface area contributed by atoms with Crippen LogP contribution in [0.25, 0.3) is 0 Å². The number of methoxy groups -OCH3 is 1. The van der Waals surface area contributed by atoms with E-state index in [9.17, 15) is 8.78 Å². The second-order valence-electron chi connectivity index (χ2n) is 2.34. The number of nitrogens with zero attached hydrogens (tertiary/aromatic N) is 2. The van der Waals surface area contributed by atoms with Crippen LogP contribution in [0.5, 0.6) is 5.88 Å². The van der Waals surface area contributed by atoms with Crippen LogP contribution in [0.4, 0.5) is 8.78 Å². The molecular weight excluding hydrogens is 214 g/mol. The van der Waals surface area contributed by atoms with E-state index < -0.39 is 12.0 Å². The van der Waals surface area contributed by atoms with Crippen molar-refractivity contribution in [3.05, 3.63) is 22.3 Å². The van der Waals surface area contributed by atoms with Gasteiger partial charge in [-0.15, -0.1) is 0 Å². The monoisotopic (exact) mass is 218 g/mol. The molecule has 0 spiro atoms. The Morgan fingerprint density at radius 2 is 2.29 bits per heavy atom. The Hall–Kier alpha value is -1.41. The average Bonchev–Trinajstić information content (AvgIpc) is 2.16. The van der Waals surface area contributed by atoms with Crippen LogP contribution >= 0.6 is 11.6 Å². The maximum absolute atomic E-state index is 12.4. The highest BCUT2D eigenvalue weighted by Gasteiger charge is 2.18. The zero-order valence-electron chi connectivity index (χ0n) is 7.09. The molecule has 0 radical (unpaired) electrons. The van der Waals surface area contributed by atoms with Gasteiger partial charge in [0.05, 0.1) is 18.2 Å². The molecule has 0 aliphatic rings. The van der Waals surface area contributed by atoms with Crippen molar-refractivity contribution < 1.29 is 13.5 Å². The van der Waals surface area contributed by atoms with Gasteiger partial charge in [0.25, 0.3) is 6.43 Å². The number of halogens is 3. The minimum atomic E-state index is -2.75. The van der Waals surface area contributed by atoms with Gasteiger partial charge in [0.2, 0.25) is 5.88 Å². The molecule has 1 aromatic rings. The Labute approximate surface area is 83.9 Å². The third-order valence-electron chi connectivity index (χ3n) is 1.52. The van der Waals surface area contributed by atoms with E-state index in [4.69, 9.17) is 16.9 Å². The standard InChI is InChI=1S/C8H5ClF2N2O/c1-14-8-5(7(10)11)2-4(3-12)6(9)13-8/h2,7H,1H3. The molecule has 0 aromatic carbocycles. The van der Waals surface area contributed by atoms with E-state index >= 15 is 0 Å². The summed E-state index contributed by atoms with van der Waals surface area (Å²) in [5.41, 5.74) is -0.531. The molecule has 0 saturated heterocycles. The molecule has 0 amide bonds. The van der Waals surface area contributed by atoms with Crippen LogP contribution < -0.4 is 4.74 Å². The Kier molecular flexibility index (Phi) is 3.20. The summed E-state index contributed by atoms with van der Waals surface area (Å²) in [6.07, 6.45) is -2.75. The largest absolute Gasteiger partial charge is 0.481 e. The first-order valence-electron chi connectivity index (χ1n) is 3.52. The molecule has 74 valence electrons. The van der Waals surface area contributed by atoms with Gasteiger partial charge < -0.3 is 4.74 Å². The van der Waals surface area contributed by atoms with Gasteiger partial charge in [-0.25, -0.2) is 8.78 Å². The first-order valence-corrected chi connectivity index (χ1v) is 3.90. The molecule has 1 aromatic heterocycles. The number of nitriles is 1. The van der Waals surface area contributed by atoms with E-state index in [-0.39, 0.29) is 16.6 Å². The Bertz CT molecular complexity index is 390. The minimum Gasteiger partial charge on any atom is -0.481 e. The fraction of sp³-hybridized carbons (Fsp3) is 0.250. The summed E-state index contributed by atoms with van der Waals surface area (Å²) in [5.74, 6) is -0.260. The molecule has 0 aliphatic heterocycles. The number of ether oxygens (including phenoxy) is 1. The summed E-state index contributed by atoms with van der Waals surface area (Å²) >= 11 is 5.53. The molecule has 1 heterocycles. The Balaban J connectivity index is 3.34.